The van der Waals surface area contributed by atoms with E-state index in [9.17, 15) is 13.2 Å². The van der Waals surface area contributed by atoms with Crippen molar-refractivity contribution in [2.75, 3.05) is 0 Å². The van der Waals surface area contributed by atoms with E-state index in [0.717, 1.165) is 5.69 Å². The van der Waals surface area contributed by atoms with Crippen LogP contribution in [0.1, 0.15) is 5.69 Å². The van der Waals surface area contributed by atoms with Crippen LogP contribution in [0.5, 0.6) is 5.75 Å². The third kappa shape index (κ3) is 3.25. The van der Waals surface area contributed by atoms with Crippen molar-refractivity contribution in [3.63, 3.8) is 0 Å². The van der Waals surface area contributed by atoms with Crippen molar-refractivity contribution in [3.8, 4) is 17.0 Å². The summed E-state index contributed by atoms with van der Waals surface area (Å²) in [6, 6.07) is 7.33. The van der Waals surface area contributed by atoms with E-state index in [2.05, 4.69) is 9.84 Å². The second-order valence-electron chi connectivity index (χ2n) is 3.92. The largest absolute Gasteiger partial charge is 0.573 e. The van der Waals surface area contributed by atoms with E-state index in [1.54, 1.807) is 17.8 Å². The van der Waals surface area contributed by atoms with Crippen molar-refractivity contribution in [1.29, 1.82) is 0 Å². The number of aromatic nitrogens is 2. The Bertz CT molecular complexity index is 561. The average molecular weight is 271 g/mol. The second-order valence-corrected chi connectivity index (χ2v) is 3.92. The molecular weight excluding hydrogens is 259 g/mol. The van der Waals surface area contributed by atoms with Crippen molar-refractivity contribution in [1.82, 2.24) is 9.78 Å². The minimum atomic E-state index is -4.68. The number of benzene rings is 1. The van der Waals surface area contributed by atoms with E-state index in [-0.39, 0.29) is 5.75 Å². The Labute approximate surface area is 107 Å². The number of alkyl halides is 3. The fourth-order valence-electron chi connectivity index (χ4n) is 1.67. The topological polar surface area (TPSA) is 53.1 Å². The molecule has 0 unspecified atom stereocenters. The molecule has 0 aliphatic rings. The number of hydrogen-bond acceptors (Lipinski definition) is 3. The number of aryl methyl sites for hydroxylation is 1. The van der Waals surface area contributed by atoms with E-state index in [1.165, 1.54) is 24.3 Å². The highest BCUT2D eigenvalue weighted by atomic mass is 19.4. The van der Waals surface area contributed by atoms with Crippen LogP contribution in [0, 0.1) is 0 Å². The van der Waals surface area contributed by atoms with Gasteiger partial charge in [0.25, 0.3) is 0 Å². The summed E-state index contributed by atoms with van der Waals surface area (Å²) < 4.78 is 41.5. The lowest BCUT2D eigenvalue weighted by Crippen LogP contribution is -2.16. The predicted octanol–water partition coefficient (Wildman–Crippen LogP) is 2.44. The molecule has 2 N–H and O–H groups in total. The van der Waals surface area contributed by atoms with Gasteiger partial charge in [0.2, 0.25) is 0 Å². The Hall–Kier alpha value is -2.02. The van der Waals surface area contributed by atoms with Crippen LogP contribution < -0.4 is 10.5 Å². The third-order valence-electron chi connectivity index (χ3n) is 2.57. The molecule has 0 atom stereocenters. The molecule has 102 valence electrons. The van der Waals surface area contributed by atoms with Crippen LogP contribution in [0.25, 0.3) is 11.3 Å². The fraction of sp³-hybridized carbons (Fsp3) is 0.250. The smallest absolute Gasteiger partial charge is 0.406 e. The standard InChI is InChI=1S/C12H12F3N3O/c1-18-9(7-16)6-11(17-18)8-2-4-10(5-3-8)19-12(13,14)15/h2-6H,7,16H2,1H3. The zero-order chi connectivity index (χ0) is 14.0. The van der Waals surface area contributed by atoms with Gasteiger partial charge in [-0.25, -0.2) is 0 Å². The summed E-state index contributed by atoms with van der Waals surface area (Å²) in [7, 11) is 1.76. The highest BCUT2D eigenvalue weighted by Crippen LogP contribution is 2.26. The van der Waals surface area contributed by atoms with Crippen molar-refractivity contribution in [2.24, 2.45) is 12.8 Å². The maximum absolute atomic E-state index is 12.0. The first-order chi connectivity index (χ1) is 8.89. The van der Waals surface area contributed by atoms with Gasteiger partial charge in [-0.1, -0.05) is 0 Å². The monoisotopic (exact) mass is 271 g/mol. The number of nitrogens with zero attached hydrogens (tertiary/aromatic N) is 2. The van der Waals surface area contributed by atoms with Gasteiger partial charge >= 0.3 is 6.36 Å². The number of nitrogens with two attached hydrogens (primary N) is 1. The minimum Gasteiger partial charge on any atom is -0.406 e. The van der Waals surface area contributed by atoms with Gasteiger partial charge < -0.3 is 10.5 Å². The van der Waals surface area contributed by atoms with Crippen LogP contribution >= 0.6 is 0 Å². The van der Waals surface area contributed by atoms with Crippen LogP contribution in [0.3, 0.4) is 0 Å². The Morgan fingerprint density at radius 2 is 1.89 bits per heavy atom. The zero-order valence-electron chi connectivity index (χ0n) is 10.1. The molecule has 1 aromatic carbocycles. The Balaban J connectivity index is 2.22. The molecule has 19 heavy (non-hydrogen) atoms. The fourth-order valence-corrected chi connectivity index (χ4v) is 1.67. The van der Waals surface area contributed by atoms with Crippen LogP contribution in [-0.2, 0) is 13.6 Å². The normalized spacial score (nSPS) is 11.6. The number of hydrogen-bond donors (Lipinski definition) is 1. The summed E-state index contributed by atoms with van der Waals surface area (Å²) in [4.78, 5) is 0. The lowest BCUT2D eigenvalue weighted by molar-refractivity contribution is -0.274. The molecule has 0 spiro atoms. The van der Waals surface area contributed by atoms with Crippen LogP contribution in [-0.4, -0.2) is 16.1 Å². The molecular formula is C12H12F3N3O. The minimum absolute atomic E-state index is 0.258. The molecule has 0 fully saturated rings. The van der Waals surface area contributed by atoms with Gasteiger partial charge in [-0.05, 0) is 30.3 Å². The van der Waals surface area contributed by atoms with Gasteiger partial charge in [0.1, 0.15) is 5.75 Å². The number of ether oxygens (including phenoxy) is 1. The molecule has 2 rings (SSSR count). The molecule has 0 amide bonds. The SMILES string of the molecule is Cn1nc(-c2ccc(OC(F)(F)F)cc2)cc1CN. The highest BCUT2D eigenvalue weighted by molar-refractivity contribution is 5.60. The predicted molar refractivity (Wildman–Crippen MR) is 63.2 cm³/mol. The van der Waals surface area contributed by atoms with Crippen LogP contribution in [0.4, 0.5) is 13.2 Å². The number of rotatable bonds is 3. The highest BCUT2D eigenvalue weighted by Gasteiger charge is 2.30. The zero-order valence-corrected chi connectivity index (χ0v) is 10.1. The number of halogens is 3. The maximum atomic E-state index is 12.0. The second kappa shape index (κ2) is 4.93. The summed E-state index contributed by atoms with van der Waals surface area (Å²) in [5.74, 6) is -0.258. The van der Waals surface area contributed by atoms with E-state index < -0.39 is 6.36 Å². The third-order valence-corrected chi connectivity index (χ3v) is 2.57. The molecule has 1 aromatic heterocycles. The van der Waals surface area contributed by atoms with Crippen molar-refractivity contribution in [3.05, 3.63) is 36.0 Å². The molecule has 0 aliphatic carbocycles. The van der Waals surface area contributed by atoms with E-state index in [1.807, 2.05) is 0 Å². The average Bonchev–Trinajstić information content (AvgIpc) is 2.69. The maximum Gasteiger partial charge on any atom is 0.573 e. The molecule has 7 heteroatoms. The molecule has 0 saturated heterocycles. The van der Waals surface area contributed by atoms with Crippen LogP contribution in [0.2, 0.25) is 0 Å². The summed E-state index contributed by atoms with van der Waals surface area (Å²) in [6.07, 6.45) is -4.68. The molecule has 2 aromatic rings. The quantitative estimate of drug-likeness (QED) is 0.932. The van der Waals surface area contributed by atoms with Gasteiger partial charge in [-0.15, -0.1) is 13.2 Å². The van der Waals surface area contributed by atoms with E-state index >= 15 is 0 Å². The van der Waals surface area contributed by atoms with Crippen molar-refractivity contribution >= 4 is 0 Å². The van der Waals surface area contributed by atoms with E-state index in [0.29, 0.717) is 17.8 Å². The molecule has 1 heterocycles. The summed E-state index contributed by atoms with van der Waals surface area (Å²) in [6.45, 7) is 0.346. The van der Waals surface area contributed by atoms with Gasteiger partial charge in [0, 0.05) is 19.2 Å². The molecule has 0 radical (unpaired) electrons. The summed E-state index contributed by atoms with van der Waals surface area (Å²) >= 11 is 0. The first-order valence-corrected chi connectivity index (χ1v) is 5.48. The lowest BCUT2D eigenvalue weighted by Gasteiger charge is -2.08. The molecule has 4 nitrogen and oxygen atoms in total. The summed E-state index contributed by atoms with van der Waals surface area (Å²) in [5.41, 5.74) is 7.72. The van der Waals surface area contributed by atoms with Crippen molar-refractivity contribution < 1.29 is 17.9 Å². The lowest BCUT2D eigenvalue weighted by atomic mass is 10.1. The Morgan fingerprint density at radius 3 is 2.37 bits per heavy atom. The van der Waals surface area contributed by atoms with Gasteiger partial charge in [0.05, 0.1) is 11.4 Å². The molecule has 0 bridgehead atoms. The Morgan fingerprint density at radius 1 is 1.26 bits per heavy atom. The van der Waals surface area contributed by atoms with Crippen LogP contribution in [0.15, 0.2) is 30.3 Å². The Kier molecular flexibility index (Phi) is 3.48. The summed E-state index contributed by atoms with van der Waals surface area (Å²) in [5, 5.41) is 4.23. The molecule has 0 saturated carbocycles. The first-order valence-electron chi connectivity index (χ1n) is 5.48. The molecule has 0 aliphatic heterocycles. The van der Waals surface area contributed by atoms with Gasteiger partial charge in [-0.3, -0.25) is 4.68 Å². The van der Waals surface area contributed by atoms with Gasteiger partial charge in [-0.2, -0.15) is 5.10 Å². The van der Waals surface area contributed by atoms with Crippen molar-refractivity contribution in [2.45, 2.75) is 12.9 Å². The van der Waals surface area contributed by atoms with E-state index in [4.69, 9.17) is 5.73 Å². The first kappa shape index (κ1) is 13.4. The van der Waals surface area contributed by atoms with Gasteiger partial charge in [0.15, 0.2) is 0 Å².